The molecule has 2 saturated heterocycles. The number of halogens is 4. The summed E-state index contributed by atoms with van der Waals surface area (Å²) in [5, 5.41) is 10.3. The van der Waals surface area contributed by atoms with Crippen LogP contribution in [0.1, 0.15) is 5.56 Å². The van der Waals surface area contributed by atoms with Crippen LogP contribution in [0.5, 0.6) is 0 Å². The minimum atomic E-state index is -4.45. The summed E-state index contributed by atoms with van der Waals surface area (Å²) in [7, 11) is 0. The van der Waals surface area contributed by atoms with E-state index >= 15 is 0 Å². The molecule has 1 aromatic rings. The molecule has 0 aromatic carbocycles. The normalized spacial score (nSPS) is 21.4. The van der Waals surface area contributed by atoms with Crippen molar-refractivity contribution in [3.8, 4) is 0 Å². The third-order valence-electron chi connectivity index (χ3n) is 4.86. The number of hydrogen-bond donors (Lipinski definition) is 1. The highest BCUT2D eigenvalue weighted by Gasteiger charge is 2.32. The van der Waals surface area contributed by atoms with E-state index in [1.54, 1.807) is 0 Å². The number of β-amino-alcohol motifs (C(OH)–C–C–N with tert-alkyl or cyclic N) is 1. The lowest BCUT2D eigenvalue weighted by Crippen LogP contribution is -2.51. The van der Waals surface area contributed by atoms with Crippen molar-refractivity contribution in [2.24, 2.45) is 0 Å². The average Bonchev–Trinajstić information content (AvgIpc) is 2.62. The van der Waals surface area contributed by atoms with Gasteiger partial charge in [0.1, 0.15) is 5.82 Å². The number of aromatic nitrogens is 1. The van der Waals surface area contributed by atoms with Crippen LogP contribution in [-0.4, -0.2) is 91.6 Å². The Balaban J connectivity index is 1.48. The smallest absolute Gasteiger partial charge is 0.390 e. The molecule has 0 bridgehead atoms. The fourth-order valence-electron chi connectivity index (χ4n) is 3.40. The number of rotatable bonds is 5. The van der Waals surface area contributed by atoms with Crippen molar-refractivity contribution in [2.45, 2.75) is 12.3 Å². The van der Waals surface area contributed by atoms with Gasteiger partial charge >= 0.3 is 6.18 Å². The Morgan fingerprint density at radius 3 is 2.22 bits per heavy atom. The first-order valence-electron chi connectivity index (χ1n) is 9.01. The first-order valence-corrected chi connectivity index (χ1v) is 9.39. The molecule has 1 N–H and O–H groups in total. The van der Waals surface area contributed by atoms with E-state index in [2.05, 4.69) is 14.8 Å². The predicted octanol–water partition coefficient (Wildman–Crippen LogP) is 1.57. The molecule has 0 radical (unpaired) electrons. The average molecular weight is 409 g/mol. The molecule has 1 unspecified atom stereocenters. The summed E-state index contributed by atoms with van der Waals surface area (Å²) in [5.74, 6) is 0.373. The second kappa shape index (κ2) is 8.91. The number of nitrogens with zero attached hydrogens (tertiary/aromatic N) is 4. The highest BCUT2D eigenvalue weighted by molar-refractivity contribution is 6.33. The lowest BCUT2D eigenvalue weighted by atomic mass is 10.2. The van der Waals surface area contributed by atoms with E-state index in [-0.39, 0.29) is 5.02 Å². The van der Waals surface area contributed by atoms with Crippen molar-refractivity contribution in [1.29, 1.82) is 0 Å². The molecule has 0 aliphatic carbocycles. The topological polar surface area (TPSA) is 52.1 Å². The summed E-state index contributed by atoms with van der Waals surface area (Å²) >= 11 is 6.02. The molecule has 1 atom stereocenters. The fourth-order valence-corrected chi connectivity index (χ4v) is 3.68. The Hall–Kier alpha value is -1.13. The first kappa shape index (κ1) is 20.6. The van der Waals surface area contributed by atoms with Gasteiger partial charge in [-0.1, -0.05) is 11.6 Å². The van der Waals surface area contributed by atoms with Gasteiger partial charge in [-0.05, 0) is 6.07 Å². The van der Waals surface area contributed by atoms with Crippen LogP contribution in [0.15, 0.2) is 12.3 Å². The number of aliphatic hydroxyl groups is 1. The van der Waals surface area contributed by atoms with Gasteiger partial charge in [-0.15, -0.1) is 0 Å². The molecule has 0 saturated carbocycles. The number of ether oxygens (including phenoxy) is 1. The van der Waals surface area contributed by atoms with Crippen LogP contribution < -0.4 is 4.90 Å². The third-order valence-corrected chi connectivity index (χ3v) is 5.14. The highest BCUT2D eigenvalue weighted by Crippen LogP contribution is 2.33. The van der Waals surface area contributed by atoms with E-state index in [0.29, 0.717) is 58.3 Å². The van der Waals surface area contributed by atoms with Crippen molar-refractivity contribution in [3.05, 3.63) is 22.8 Å². The molecule has 2 aliphatic rings. The molecule has 10 heteroatoms. The van der Waals surface area contributed by atoms with E-state index in [1.807, 2.05) is 4.90 Å². The number of pyridine rings is 1. The standard InChI is InChI=1S/C17H24ClF3N4O2/c18-15-9-13(17(19,20)21)10-22-16(15)25-3-1-23(2-4-25)11-14(26)12-24-5-7-27-8-6-24/h9-10,14,26H,1-8,11-12H2. The van der Waals surface area contributed by atoms with Gasteiger partial charge in [0.15, 0.2) is 0 Å². The summed E-state index contributed by atoms with van der Waals surface area (Å²) in [5.41, 5.74) is -0.846. The van der Waals surface area contributed by atoms with Crippen LogP contribution in [-0.2, 0) is 10.9 Å². The maximum atomic E-state index is 12.7. The number of piperazine rings is 1. The van der Waals surface area contributed by atoms with Crippen LogP contribution in [0.2, 0.25) is 5.02 Å². The summed E-state index contributed by atoms with van der Waals surface area (Å²) in [6.07, 6.45) is -4.08. The minimum Gasteiger partial charge on any atom is -0.390 e. The fraction of sp³-hybridized carbons (Fsp3) is 0.706. The van der Waals surface area contributed by atoms with Gasteiger partial charge in [-0.25, -0.2) is 4.98 Å². The number of aliphatic hydroxyl groups excluding tert-OH is 1. The van der Waals surface area contributed by atoms with Crippen molar-refractivity contribution < 1.29 is 23.0 Å². The molecule has 0 spiro atoms. The third kappa shape index (κ3) is 5.68. The molecule has 2 fully saturated rings. The number of morpholine rings is 1. The summed E-state index contributed by atoms with van der Waals surface area (Å²) in [6.45, 7) is 6.85. The highest BCUT2D eigenvalue weighted by atomic mass is 35.5. The summed E-state index contributed by atoms with van der Waals surface area (Å²) in [4.78, 5) is 10.1. The van der Waals surface area contributed by atoms with Crippen LogP contribution in [0, 0.1) is 0 Å². The Morgan fingerprint density at radius 2 is 1.67 bits per heavy atom. The van der Waals surface area contributed by atoms with Crippen LogP contribution in [0.25, 0.3) is 0 Å². The number of hydrogen-bond acceptors (Lipinski definition) is 6. The molecule has 27 heavy (non-hydrogen) atoms. The second-order valence-electron chi connectivity index (χ2n) is 6.88. The van der Waals surface area contributed by atoms with Crippen LogP contribution in [0.4, 0.5) is 19.0 Å². The molecule has 152 valence electrons. The maximum Gasteiger partial charge on any atom is 0.417 e. The Morgan fingerprint density at radius 1 is 1.07 bits per heavy atom. The predicted molar refractivity (Wildman–Crippen MR) is 96.2 cm³/mol. The van der Waals surface area contributed by atoms with Gasteiger partial charge in [0.25, 0.3) is 0 Å². The Kier molecular flexibility index (Phi) is 6.80. The van der Waals surface area contributed by atoms with E-state index in [9.17, 15) is 18.3 Å². The molecule has 6 nitrogen and oxygen atoms in total. The summed E-state index contributed by atoms with van der Waals surface area (Å²) in [6, 6.07) is 0.919. The van der Waals surface area contributed by atoms with E-state index in [1.165, 1.54) is 0 Å². The second-order valence-corrected chi connectivity index (χ2v) is 7.29. The summed E-state index contributed by atoms with van der Waals surface area (Å²) < 4.78 is 43.5. The van der Waals surface area contributed by atoms with Gasteiger partial charge in [0.2, 0.25) is 0 Å². The molecular formula is C17H24ClF3N4O2. The van der Waals surface area contributed by atoms with Gasteiger partial charge in [0, 0.05) is 58.6 Å². The molecule has 0 amide bonds. The van der Waals surface area contributed by atoms with Gasteiger partial charge in [0.05, 0.1) is 29.9 Å². The zero-order valence-electron chi connectivity index (χ0n) is 15.0. The van der Waals surface area contributed by atoms with Crippen molar-refractivity contribution in [1.82, 2.24) is 14.8 Å². The van der Waals surface area contributed by atoms with Gasteiger partial charge in [-0.3, -0.25) is 9.80 Å². The van der Waals surface area contributed by atoms with Crippen molar-refractivity contribution in [2.75, 3.05) is 70.5 Å². The van der Waals surface area contributed by atoms with Gasteiger partial charge < -0.3 is 14.7 Å². The van der Waals surface area contributed by atoms with Crippen LogP contribution >= 0.6 is 11.6 Å². The molecular weight excluding hydrogens is 385 g/mol. The zero-order chi connectivity index (χ0) is 19.4. The monoisotopic (exact) mass is 408 g/mol. The molecule has 1 aromatic heterocycles. The largest absolute Gasteiger partial charge is 0.417 e. The lowest BCUT2D eigenvalue weighted by molar-refractivity contribution is -0.137. The molecule has 3 rings (SSSR count). The number of anilines is 1. The minimum absolute atomic E-state index is 0.00521. The lowest BCUT2D eigenvalue weighted by Gasteiger charge is -2.37. The van der Waals surface area contributed by atoms with Crippen LogP contribution in [0.3, 0.4) is 0 Å². The molecule has 2 aliphatic heterocycles. The quantitative estimate of drug-likeness (QED) is 0.798. The van der Waals surface area contributed by atoms with Gasteiger partial charge in [-0.2, -0.15) is 13.2 Å². The van der Waals surface area contributed by atoms with E-state index in [0.717, 1.165) is 25.4 Å². The van der Waals surface area contributed by atoms with E-state index < -0.39 is 17.8 Å². The van der Waals surface area contributed by atoms with Crippen molar-refractivity contribution >= 4 is 17.4 Å². The number of alkyl halides is 3. The first-order chi connectivity index (χ1) is 12.8. The SMILES string of the molecule is OC(CN1CCOCC1)CN1CCN(c2ncc(C(F)(F)F)cc2Cl)CC1. The Labute approximate surface area is 161 Å². The van der Waals surface area contributed by atoms with Crippen molar-refractivity contribution in [3.63, 3.8) is 0 Å². The Bertz CT molecular complexity index is 621. The van der Waals surface area contributed by atoms with E-state index in [4.69, 9.17) is 16.3 Å². The zero-order valence-corrected chi connectivity index (χ0v) is 15.7. The molecule has 3 heterocycles. The maximum absolute atomic E-state index is 12.7.